The molecule has 1 aromatic rings. The quantitative estimate of drug-likeness (QED) is 0.335. The first-order valence-corrected chi connectivity index (χ1v) is 7.03. The number of benzene rings is 1. The van der Waals surface area contributed by atoms with Gasteiger partial charge in [0.25, 0.3) is 8.03 Å². The largest absolute Gasteiger partial charge is 0.465 e. The lowest BCUT2D eigenvalue weighted by molar-refractivity contribution is -0.141. The molecule has 1 N–H and O–H groups in total. The summed E-state index contributed by atoms with van der Waals surface area (Å²) in [6.45, 7) is 2.04. The summed E-state index contributed by atoms with van der Waals surface area (Å²) >= 11 is 0. The molecule has 0 aliphatic rings. The molecule has 1 rings (SSSR count). The lowest BCUT2D eigenvalue weighted by Crippen LogP contribution is -2.24. The molecule has 1 atom stereocenters. The van der Waals surface area contributed by atoms with Crippen LogP contribution in [0.4, 0.5) is 0 Å². The van der Waals surface area contributed by atoms with E-state index in [4.69, 9.17) is 9.56 Å². The van der Waals surface area contributed by atoms with Gasteiger partial charge in [0, 0.05) is 0 Å². The number of carbonyl (C=O) groups is 1. The first-order chi connectivity index (χ1) is 8.72. The van der Waals surface area contributed by atoms with Gasteiger partial charge >= 0.3 is 5.97 Å². The average Bonchev–Trinajstić information content (AvgIpc) is 2.38. The van der Waals surface area contributed by atoms with Crippen molar-refractivity contribution >= 4 is 14.0 Å². The Balaban J connectivity index is 2.13. The number of carbonyl (C=O) groups excluding carboxylic acids is 1. The number of hydrogen-bond acceptors (Lipinski definition) is 6. The van der Waals surface area contributed by atoms with Crippen LogP contribution in [-0.2, 0) is 18.8 Å². The summed E-state index contributed by atoms with van der Waals surface area (Å²) in [6, 6.07) is 8.74. The van der Waals surface area contributed by atoms with E-state index < -0.39 is 14.0 Å². The van der Waals surface area contributed by atoms with Crippen molar-refractivity contribution in [1.29, 1.82) is 0 Å². The Bertz CT molecular complexity index is 384. The number of esters is 1. The molecule has 0 bridgehead atoms. The van der Waals surface area contributed by atoms with Crippen LogP contribution < -0.4 is 10.2 Å². The highest BCUT2D eigenvalue weighted by molar-refractivity contribution is 7.38. The molecule has 0 amide bonds. The van der Waals surface area contributed by atoms with Gasteiger partial charge < -0.3 is 9.62 Å². The Morgan fingerprint density at radius 2 is 2.06 bits per heavy atom. The van der Waals surface area contributed by atoms with Gasteiger partial charge in [0.1, 0.15) is 0 Å². The summed E-state index contributed by atoms with van der Waals surface area (Å²) in [5.41, 5.74) is 0. The second kappa shape index (κ2) is 8.69. The fraction of sp³-hybridized carbons (Fsp3) is 0.364. The second-order valence-electron chi connectivity index (χ2n) is 3.26. The van der Waals surface area contributed by atoms with Crippen molar-refractivity contribution in [2.75, 3.05) is 19.4 Å². The fourth-order valence-corrected chi connectivity index (χ4v) is 1.66. The molecule has 0 saturated carbocycles. The molecule has 0 aliphatic carbocycles. The topological polar surface area (TPSA) is 73.9 Å². The number of ether oxygens (including phenoxy) is 1. The van der Waals surface area contributed by atoms with E-state index in [-0.39, 0.29) is 12.8 Å². The van der Waals surface area contributed by atoms with Crippen LogP contribution >= 0.6 is 8.03 Å². The Labute approximate surface area is 106 Å². The zero-order valence-corrected chi connectivity index (χ0v) is 11.0. The van der Waals surface area contributed by atoms with Crippen molar-refractivity contribution in [3.63, 3.8) is 0 Å². The summed E-state index contributed by atoms with van der Waals surface area (Å²) in [7, 11) is -2.39. The van der Waals surface area contributed by atoms with Gasteiger partial charge in [0.05, 0.1) is 19.4 Å². The third-order valence-electron chi connectivity index (χ3n) is 1.82. The molecule has 0 fully saturated rings. The Morgan fingerprint density at radius 1 is 1.33 bits per heavy atom. The molecule has 0 spiro atoms. The third-order valence-corrected chi connectivity index (χ3v) is 2.63. The van der Waals surface area contributed by atoms with Crippen molar-refractivity contribution in [3.05, 3.63) is 30.3 Å². The summed E-state index contributed by atoms with van der Waals surface area (Å²) in [6.07, 6.45) is 0.0519. The Morgan fingerprint density at radius 3 is 2.72 bits per heavy atom. The molecule has 100 valence electrons. The van der Waals surface area contributed by atoms with Gasteiger partial charge in [-0.3, -0.25) is 14.7 Å². The molecule has 0 aromatic heterocycles. The van der Waals surface area contributed by atoms with Crippen molar-refractivity contribution in [2.45, 2.75) is 6.92 Å². The molecule has 0 aliphatic heterocycles. The molecule has 0 heterocycles. The highest BCUT2D eigenvalue weighted by atomic mass is 31.1. The molecular formula is C11H16NO5P. The first kappa shape index (κ1) is 14.7. The Hall–Kier alpha value is -1.36. The van der Waals surface area contributed by atoms with Crippen molar-refractivity contribution in [3.8, 4) is 5.75 Å². The van der Waals surface area contributed by atoms with E-state index in [0.717, 1.165) is 0 Å². The number of hydrogen-bond donors (Lipinski definition) is 1. The van der Waals surface area contributed by atoms with E-state index >= 15 is 0 Å². The summed E-state index contributed by atoms with van der Waals surface area (Å²) in [4.78, 5) is 15.8. The smallest absolute Gasteiger partial charge is 0.319 e. The minimum absolute atomic E-state index is 0.00105. The van der Waals surface area contributed by atoms with Gasteiger partial charge in [-0.2, -0.15) is 0 Å². The molecule has 1 aromatic carbocycles. The zero-order chi connectivity index (χ0) is 13.2. The molecule has 6 nitrogen and oxygen atoms in total. The van der Waals surface area contributed by atoms with E-state index in [2.05, 4.69) is 10.1 Å². The summed E-state index contributed by atoms with van der Waals surface area (Å²) in [5, 5.41) is 2.66. The molecule has 0 radical (unpaired) electrons. The standard InChI is InChI=1S/C11H16NO5P/c1-2-15-11(13)8-12-9-18(14)17-16-10-6-4-3-5-7-10/h3-7,12,18H,2,8-9H2,1H3. The van der Waals surface area contributed by atoms with Gasteiger partial charge in [-0.1, -0.05) is 18.2 Å². The third kappa shape index (κ3) is 6.39. The van der Waals surface area contributed by atoms with Crippen LogP contribution in [0.1, 0.15) is 6.92 Å². The van der Waals surface area contributed by atoms with E-state index in [0.29, 0.717) is 12.4 Å². The van der Waals surface area contributed by atoms with Crippen molar-refractivity contribution < 1.29 is 23.7 Å². The minimum Gasteiger partial charge on any atom is -0.465 e. The monoisotopic (exact) mass is 273 g/mol. The zero-order valence-electron chi connectivity index (χ0n) is 10.0. The number of nitrogens with one attached hydrogen (secondary N) is 1. The van der Waals surface area contributed by atoms with Crippen LogP contribution in [0.5, 0.6) is 5.75 Å². The van der Waals surface area contributed by atoms with Crippen LogP contribution in [0.3, 0.4) is 0 Å². The fourth-order valence-electron chi connectivity index (χ4n) is 1.08. The van der Waals surface area contributed by atoms with Crippen molar-refractivity contribution in [1.82, 2.24) is 5.32 Å². The molecular weight excluding hydrogens is 257 g/mol. The minimum atomic E-state index is -2.39. The highest BCUT2D eigenvalue weighted by Gasteiger charge is 2.05. The number of rotatable bonds is 8. The van der Waals surface area contributed by atoms with Crippen LogP contribution in [0.25, 0.3) is 0 Å². The van der Waals surface area contributed by atoms with E-state index in [1.807, 2.05) is 6.07 Å². The van der Waals surface area contributed by atoms with Crippen LogP contribution in [0.2, 0.25) is 0 Å². The summed E-state index contributed by atoms with van der Waals surface area (Å²) < 4.78 is 20.8. The molecule has 7 heteroatoms. The first-order valence-electron chi connectivity index (χ1n) is 5.51. The normalized spacial score (nSPS) is 11.8. The summed E-state index contributed by atoms with van der Waals surface area (Å²) in [5.74, 6) is 0.0810. The predicted octanol–water partition coefficient (Wildman–Crippen LogP) is 1.58. The van der Waals surface area contributed by atoms with Crippen LogP contribution in [0.15, 0.2) is 30.3 Å². The Kier molecular flexibility index (Phi) is 7.10. The number of para-hydroxylation sites is 1. The highest BCUT2D eigenvalue weighted by Crippen LogP contribution is 2.22. The SMILES string of the molecule is CCOC(=O)CNC[PH](=O)OOc1ccccc1. The van der Waals surface area contributed by atoms with Crippen LogP contribution in [-0.4, -0.2) is 25.4 Å². The molecule has 1 unspecified atom stereocenters. The van der Waals surface area contributed by atoms with Gasteiger partial charge in [0.2, 0.25) is 0 Å². The lowest BCUT2D eigenvalue weighted by atomic mass is 10.3. The van der Waals surface area contributed by atoms with Gasteiger partial charge in [-0.15, -0.1) is 4.67 Å². The maximum atomic E-state index is 11.4. The van der Waals surface area contributed by atoms with Gasteiger partial charge in [0.15, 0.2) is 5.75 Å². The second-order valence-corrected chi connectivity index (χ2v) is 4.52. The van der Waals surface area contributed by atoms with Gasteiger partial charge in [-0.25, -0.2) is 0 Å². The maximum Gasteiger partial charge on any atom is 0.319 e. The van der Waals surface area contributed by atoms with E-state index in [9.17, 15) is 9.36 Å². The van der Waals surface area contributed by atoms with Gasteiger partial charge in [-0.05, 0) is 19.1 Å². The average molecular weight is 273 g/mol. The van der Waals surface area contributed by atoms with Crippen LogP contribution in [0, 0.1) is 0 Å². The van der Waals surface area contributed by atoms with Crippen molar-refractivity contribution in [2.24, 2.45) is 0 Å². The molecule has 0 saturated heterocycles. The lowest BCUT2D eigenvalue weighted by Gasteiger charge is -2.06. The molecule has 18 heavy (non-hydrogen) atoms. The van der Waals surface area contributed by atoms with E-state index in [1.165, 1.54) is 0 Å². The predicted molar refractivity (Wildman–Crippen MR) is 66.7 cm³/mol. The maximum absolute atomic E-state index is 11.4. The van der Waals surface area contributed by atoms with E-state index in [1.54, 1.807) is 31.2 Å².